The highest BCUT2D eigenvalue weighted by Gasteiger charge is 2.14. The maximum atomic E-state index is 12.6. The molecule has 0 saturated heterocycles. The van der Waals surface area contributed by atoms with Crippen LogP contribution in [-0.4, -0.2) is 23.0 Å². The second-order valence-electron chi connectivity index (χ2n) is 5.64. The summed E-state index contributed by atoms with van der Waals surface area (Å²) in [6.07, 6.45) is 5.24. The van der Waals surface area contributed by atoms with Crippen LogP contribution in [0, 0.1) is 6.92 Å². The number of fused-ring (bicyclic) bond motifs is 1. The van der Waals surface area contributed by atoms with Crippen molar-refractivity contribution >= 4 is 22.8 Å². The summed E-state index contributed by atoms with van der Waals surface area (Å²) in [7, 11) is 1.52. The van der Waals surface area contributed by atoms with Crippen molar-refractivity contribution in [3.63, 3.8) is 0 Å². The van der Waals surface area contributed by atoms with Gasteiger partial charge in [-0.05, 0) is 47.9 Å². The number of benzene rings is 2. The van der Waals surface area contributed by atoms with Gasteiger partial charge < -0.3 is 14.8 Å². The van der Waals surface area contributed by atoms with Crippen LogP contribution in [0.1, 0.15) is 27.0 Å². The van der Waals surface area contributed by atoms with Crippen LogP contribution in [0.3, 0.4) is 0 Å². The third-order valence-corrected chi connectivity index (χ3v) is 4.04. The van der Waals surface area contributed by atoms with Crippen LogP contribution in [0.25, 0.3) is 17.0 Å². The molecule has 0 fully saturated rings. The number of hydrogen-bond donors (Lipinski definition) is 2. The van der Waals surface area contributed by atoms with E-state index in [0.29, 0.717) is 11.3 Å². The second kappa shape index (κ2) is 6.72. The average Bonchev–Trinajstić information content (AvgIpc) is 3.02. The van der Waals surface area contributed by atoms with Gasteiger partial charge in [-0.15, -0.1) is 0 Å². The van der Waals surface area contributed by atoms with Crippen molar-refractivity contribution < 1.29 is 14.6 Å². The van der Waals surface area contributed by atoms with E-state index in [1.165, 1.54) is 7.11 Å². The Morgan fingerprint density at radius 1 is 1.29 bits per heavy atom. The highest BCUT2D eigenvalue weighted by atomic mass is 16.5. The Kier molecular flexibility index (Phi) is 4.49. The van der Waals surface area contributed by atoms with Crippen molar-refractivity contribution in [3.8, 4) is 5.75 Å². The fourth-order valence-corrected chi connectivity index (χ4v) is 2.88. The smallest absolute Gasteiger partial charge is 0.189 e. The molecule has 0 aliphatic carbocycles. The summed E-state index contributed by atoms with van der Waals surface area (Å²) in [5, 5.41) is 10.4. The number of aromatic nitrogens is 1. The van der Waals surface area contributed by atoms with Gasteiger partial charge in [0.05, 0.1) is 19.3 Å². The van der Waals surface area contributed by atoms with E-state index in [0.717, 1.165) is 27.6 Å². The van der Waals surface area contributed by atoms with Crippen molar-refractivity contribution in [1.82, 2.24) is 4.98 Å². The molecule has 2 aromatic carbocycles. The summed E-state index contributed by atoms with van der Waals surface area (Å²) < 4.78 is 5.33. The maximum absolute atomic E-state index is 12.6. The number of aliphatic hydroxyl groups excluding tert-OH is 1. The number of carbonyl (C=O) groups is 1. The van der Waals surface area contributed by atoms with Gasteiger partial charge in [0.2, 0.25) is 0 Å². The number of aromatic amines is 1. The zero-order valence-corrected chi connectivity index (χ0v) is 13.7. The van der Waals surface area contributed by atoms with Gasteiger partial charge >= 0.3 is 0 Å². The SMILES string of the molecule is COc1cc(CO)cc(C)c1C(=O)/C=C/c1c[nH]c2ccccc12. The fraction of sp³-hybridized carbons (Fsp3) is 0.150. The molecule has 0 spiro atoms. The second-order valence-corrected chi connectivity index (χ2v) is 5.64. The number of allylic oxidation sites excluding steroid dienone is 1. The monoisotopic (exact) mass is 321 g/mol. The van der Waals surface area contributed by atoms with Crippen LogP contribution in [0.15, 0.2) is 48.7 Å². The number of methoxy groups -OCH3 is 1. The molecule has 0 saturated carbocycles. The summed E-state index contributed by atoms with van der Waals surface area (Å²) in [6, 6.07) is 11.4. The minimum absolute atomic E-state index is 0.0865. The maximum Gasteiger partial charge on any atom is 0.189 e. The van der Waals surface area contributed by atoms with Crippen LogP contribution in [-0.2, 0) is 6.61 Å². The Morgan fingerprint density at radius 3 is 2.83 bits per heavy atom. The Morgan fingerprint density at radius 2 is 2.08 bits per heavy atom. The van der Waals surface area contributed by atoms with E-state index in [9.17, 15) is 9.90 Å². The number of ketones is 1. The van der Waals surface area contributed by atoms with E-state index in [-0.39, 0.29) is 12.4 Å². The largest absolute Gasteiger partial charge is 0.496 e. The van der Waals surface area contributed by atoms with E-state index in [4.69, 9.17) is 4.74 Å². The van der Waals surface area contributed by atoms with E-state index >= 15 is 0 Å². The van der Waals surface area contributed by atoms with Crippen LogP contribution < -0.4 is 4.74 Å². The van der Waals surface area contributed by atoms with E-state index in [1.807, 2.05) is 37.4 Å². The van der Waals surface area contributed by atoms with Gasteiger partial charge in [0, 0.05) is 17.1 Å². The van der Waals surface area contributed by atoms with Gasteiger partial charge in [0.25, 0.3) is 0 Å². The Bertz CT molecular complexity index is 922. The van der Waals surface area contributed by atoms with Crippen molar-refractivity contribution in [3.05, 3.63) is 70.9 Å². The number of aryl methyl sites for hydroxylation is 1. The lowest BCUT2D eigenvalue weighted by atomic mass is 9.99. The molecule has 1 aromatic heterocycles. The molecule has 3 rings (SSSR count). The summed E-state index contributed by atoms with van der Waals surface area (Å²) in [6.45, 7) is 1.76. The summed E-state index contributed by atoms with van der Waals surface area (Å²) in [4.78, 5) is 15.8. The standard InChI is InChI=1S/C20H19NO3/c1-13-9-14(12-22)10-19(24-2)20(13)18(23)8-7-15-11-21-17-6-4-3-5-16(15)17/h3-11,21-22H,12H2,1-2H3/b8-7+. The van der Waals surface area contributed by atoms with Gasteiger partial charge in [0.1, 0.15) is 5.75 Å². The minimum Gasteiger partial charge on any atom is -0.496 e. The topological polar surface area (TPSA) is 62.3 Å². The average molecular weight is 321 g/mol. The number of aliphatic hydroxyl groups is 1. The summed E-state index contributed by atoms with van der Waals surface area (Å²) >= 11 is 0. The van der Waals surface area contributed by atoms with Crippen molar-refractivity contribution in [2.75, 3.05) is 7.11 Å². The first-order valence-corrected chi connectivity index (χ1v) is 7.71. The molecule has 0 bridgehead atoms. The number of H-pyrrole nitrogens is 1. The van der Waals surface area contributed by atoms with Gasteiger partial charge in [-0.25, -0.2) is 0 Å². The number of ether oxygens (including phenoxy) is 1. The Balaban J connectivity index is 1.95. The number of carbonyl (C=O) groups excluding carboxylic acids is 1. The molecule has 24 heavy (non-hydrogen) atoms. The normalized spacial score (nSPS) is 11.3. The first-order chi connectivity index (χ1) is 11.6. The zero-order valence-electron chi connectivity index (χ0n) is 13.7. The molecule has 3 aromatic rings. The third-order valence-electron chi connectivity index (χ3n) is 4.04. The fourth-order valence-electron chi connectivity index (χ4n) is 2.88. The van der Waals surface area contributed by atoms with Crippen molar-refractivity contribution in [1.29, 1.82) is 0 Å². The highest BCUT2D eigenvalue weighted by Crippen LogP contribution is 2.26. The van der Waals surface area contributed by atoms with Gasteiger partial charge in [0.15, 0.2) is 5.78 Å². The highest BCUT2D eigenvalue weighted by molar-refractivity contribution is 6.10. The van der Waals surface area contributed by atoms with Crippen molar-refractivity contribution in [2.24, 2.45) is 0 Å². The summed E-state index contributed by atoms with van der Waals surface area (Å²) in [5.74, 6) is 0.353. The molecule has 4 nitrogen and oxygen atoms in total. The van der Waals surface area contributed by atoms with Crippen LogP contribution >= 0.6 is 0 Å². The molecule has 1 heterocycles. The molecular weight excluding hydrogens is 302 g/mol. The first-order valence-electron chi connectivity index (χ1n) is 7.71. The van der Waals surface area contributed by atoms with Crippen LogP contribution in [0.5, 0.6) is 5.75 Å². The lowest BCUT2D eigenvalue weighted by molar-refractivity contribution is 0.104. The van der Waals surface area contributed by atoms with E-state index in [1.54, 1.807) is 24.3 Å². The molecule has 122 valence electrons. The third kappa shape index (κ3) is 2.96. The number of rotatable bonds is 5. The lowest BCUT2D eigenvalue weighted by Crippen LogP contribution is -2.03. The predicted octanol–water partition coefficient (Wildman–Crippen LogP) is 3.87. The Labute approximate surface area is 140 Å². The van der Waals surface area contributed by atoms with Crippen molar-refractivity contribution in [2.45, 2.75) is 13.5 Å². The zero-order chi connectivity index (χ0) is 17.1. The number of para-hydroxylation sites is 1. The van der Waals surface area contributed by atoms with Crippen LogP contribution in [0.2, 0.25) is 0 Å². The molecular formula is C20H19NO3. The lowest BCUT2D eigenvalue weighted by Gasteiger charge is -2.11. The molecule has 0 radical (unpaired) electrons. The van der Waals surface area contributed by atoms with Crippen LogP contribution in [0.4, 0.5) is 0 Å². The molecule has 0 aliphatic rings. The quantitative estimate of drug-likeness (QED) is 0.554. The molecule has 2 N–H and O–H groups in total. The first kappa shape index (κ1) is 16.0. The Hall–Kier alpha value is -2.85. The minimum atomic E-state index is -0.126. The summed E-state index contributed by atoms with van der Waals surface area (Å²) in [5.41, 5.74) is 4.02. The number of hydrogen-bond acceptors (Lipinski definition) is 3. The van der Waals surface area contributed by atoms with Gasteiger partial charge in [-0.1, -0.05) is 24.3 Å². The molecule has 0 atom stereocenters. The molecule has 0 unspecified atom stereocenters. The molecule has 4 heteroatoms. The number of nitrogens with one attached hydrogen (secondary N) is 1. The van der Waals surface area contributed by atoms with E-state index in [2.05, 4.69) is 4.98 Å². The molecule has 0 amide bonds. The van der Waals surface area contributed by atoms with E-state index < -0.39 is 0 Å². The van der Waals surface area contributed by atoms with Gasteiger partial charge in [-0.3, -0.25) is 4.79 Å². The van der Waals surface area contributed by atoms with Gasteiger partial charge in [-0.2, -0.15) is 0 Å². The predicted molar refractivity (Wildman–Crippen MR) is 95.3 cm³/mol. The molecule has 0 aliphatic heterocycles.